The Labute approximate surface area is 167 Å². The Bertz CT molecular complexity index is 422. The summed E-state index contributed by atoms with van der Waals surface area (Å²) in [5.74, 6) is -2.18. The molecule has 2 heterocycles. The van der Waals surface area contributed by atoms with Gasteiger partial charge in [-0.1, -0.05) is 0 Å². The number of ether oxygens (including phenoxy) is 4. The van der Waals surface area contributed by atoms with Crippen LogP contribution in [0.5, 0.6) is 0 Å². The number of hydrogen-bond acceptors (Lipinski definition) is 11. The fraction of sp³-hybridized carbons (Fsp3) is 1.00. The molecule has 2 rings (SSSR count). The van der Waals surface area contributed by atoms with Crippen LogP contribution in [0.1, 0.15) is 1.43 Å². The molecule has 0 unspecified atom stereocenters. The molecular formula is C13H25NaO11. The van der Waals surface area contributed by atoms with Crippen molar-refractivity contribution in [3.8, 4) is 0 Å². The predicted octanol–water partition coefficient (Wildman–Crippen LogP) is -7.62. The van der Waals surface area contributed by atoms with Gasteiger partial charge in [0.2, 0.25) is 5.79 Å². The van der Waals surface area contributed by atoms with Crippen molar-refractivity contribution >= 4 is 0 Å². The van der Waals surface area contributed by atoms with E-state index in [9.17, 15) is 30.6 Å². The Morgan fingerprint density at radius 2 is 1.60 bits per heavy atom. The maximum Gasteiger partial charge on any atom is 1.00 e. The van der Waals surface area contributed by atoms with Gasteiger partial charge in [-0.2, -0.15) is 0 Å². The molecule has 2 aliphatic rings. The minimum Gasteiger partial charge on any atom is -1.00 e. The fourth-order valence-electron chi connectivity index (χ4n) is 2.78. The zero-order valence-electron chi connectivity index (χ0n) is 15.0. The van der Waals surface area contributed by atoms with Crippen LogP contribution in [0.4, 0.5) is 0 Å². The van der Waals surface area contributed by atoms with E-state index in [1.165, 1.54) is 7.11 Å². The molecule has 2 saturated heterocycles. The summed E-state index contributed by atoms with van der Waals surface area (Å²) in [5, 5.41) is 68.3. The van der Waals surface area contributed by atoms with Crippen molar-refractivity contribution in [3.05, 3.63) is 0 Å². The molecule has 0 aromatic heterocycles. The van der Waals surface area contributed by atoms with E-state index in [1.54, 1.807) is 0 Å². The minimum atomic E-state index is -2.18. The molecule has 144 valence electrons. The van der Waals surface area contributed by atoms with E-state index in [-0.39, 0.29) is 37.6 Å². The maximum absolute atomic E-state index is 10.1. The van der Waals surface area contributed by atoms with Gasteiger partial charge >= 0.3 is 29.6 Å². The average Bonchev–Trinajstić information content (AvgIpc) is 2.82. The smallest absolute Gasteiger partial charge is 1.00 e. The zero-order valence-corrected chi connectivity index (χ0v) is 16.0. The fourth-order valence-corrected chi connectivity index (χ4v) is 2.78. The number of hydrogen-bond donors (Lipinski definition) is 7. The Kier molecular flexibility index (Phi) is 9.12. The summed E-state index contributed by atoms with van der Waals surface area (Å²) in [6.07, 6.45) is -12.0. The first-order valence-corrected chi connectivity index (χ1v) is 7.43. The molecule has 0 aromatic carbocycles. The van der Waals surface area contributed by atoms with Crippen LogP contribution in [0.15, 0.2) is 0 Å². The first-order chi connectivity index (χ1) is 11.3. The van der Waals surface area contributed by atoms with Gasteiger partial charge in [0, 0.05) is 7.11 Å². The van der Waals surface area contributed by atoms with Crippen LogP contribution in [-0.4, -0.2) is 117 Å². The maximum atomic E-state index is 10.1. The predicted molar refractivity (Wildman–Crippen MR) is 74.5 cm³/mol. The van der Waals surface area contributed by atoms with Crippen LogP contribution in [-0.2, 0) is 18.9 Å². The van der Waals surface area contributed by atoms with E-state index < -0.39 is 68.0 Å². The van der Waals surface area contributed by atoms with Crippen molar-refractivity contribution < 1.29 is 85.7 Å². The van der Waals surface area contributed by atoms with Crippen LogP contribution in [0.25, 0.3) is 0 Å². The first kappa shape index (κ1) is 23.6. The van der Waals surface area contributed by atoms with Gasteiger partial charge in [-0.3, -0.25) is 0 Å². The molecule has 0 amide bonds. The molecule has 0 bridgehead atoms. The molecule has 2 fully saturated rings. The Hall–Kier alpha value is 0.560. The summed E-state index contributed by atoms with van der Waals surface area (Å²) >= 11 is 0. The molecule has 2 aliphatic heterocycles. The number of aliphatic hydroxyl groups excluding tert-OH is 7. The monoisotopic (exact) mass is 380 g/mol. The summed E-state index contributed by atoms with van der Waals surface area (Å²) in [6, 6.07) is 0. The van der Waals surface area contributed by atoms with Gasteiger partial charge in [0.15, 0.2) is 6.29 Å². The summed E-state index contributed by atoms with van der Waals surface area (Å²) < 4.78 is 20.7. The second-order valence-corrected chi connectivity index (χ2v) is 5.83. The molecule has 9 atom stereocenters. The van der Waals surface area contributed by atoms with Crippen LogP contribution < -0.4 is 29.6 Å². The zero-order chi connectivity index (χ0) is 18.1. The van der Waals surface area contributed by atoms with Gasteiger partial charge in [0.25, 0.3) is 0 Å². The minimum absolute atomic E-state index is 0. The van der Waals surface area contributed by atoms with E-state index in [2.05, 4.69) is 0 Å². The molecular weight excluding hydrogens is 355 g/mol. The van der Waals surface area contributed by atoms with Crippen molar-refractivity contribution in [1.29, 1.82) is 0 Å². The van der Waals surface area contributed by atoms with Crippen molar-refractivity contribution in [2.45, 2.75) is 54.8 Å². The Morgan fingerprint density at radius 1 is 0.960 bits per heavy atom. The van der Waals surface area contributed by atoms with Gasteiger partial charge in [-0.05, 0) is 0 Å². The largest absolute Gasteiger partial charge is 1.00 e. The molecule has 0 spiro atoms. The quantitative estimate of drug-likeness (QED) is 0.218. The molecule has 0 aliphatic carbocycles. The van der Waals surface area contributed by atoms with Gasteiger partial charge in [-0.15, -0.1) is 0 Å². The molecule has 12 heteroatoms. The normalized spacial score (nSPS) is 47.5. The summed E-state index contributed by atoms with van der Waals surface area (Å²) in [5.41, 5.74) is 0. The topological polar surface area (TPSA) is 179 Å². The van der Waals surface area contributed by atoms with E-state index in [1.807, 2.05) is 0 Å². The van der Waals surface area contributed by atoms with Crippen LogP contribution >= 0.6 is 0 Å². The molecule has 11 nitrogen and oxygen atoms in total. The number of aliphatic hydroxyl groups is 7. The average molecular weight is 380 g/mol. The number of methoxy groups -OCH3 is 1. The molecule has 0 saturated carbocycles. The third-order valence-corrected chi connectivity index (χ3v) is 4.22. The van der Waals surface area contributed by atoms with Gasteiger partial charge in [0.05, 0.1) is 13.2 Å². The summed E-state index contributed by atoms with van der Waals surface area (Å²) in [4.78, 5) is 0. The number of rotatable bonds is 6. The van der Waals surface area contributed by atoms with E-state index in [0.29, 0.717) is 0 Å². The van der Waals surface area contributed by atoms with Gasteiger partial charge in [0.1, 0.15) is 49.3 Å². The molecule has 0 radical (unpaired) electrons. The van der Waals surface area contributed by atoms with Crippen LogP contribution in [0.3, 0.4) is 0 Å². The van der Waals surface area contributed by atoms with E-state index in [4.69, 9.17) is 24.1 Å². The van der Waals surface area contributed by atoms with Gasteiger partial charge < -0.3 is 56.1 Å². The Morgan fingerprint density at radius 3 is 2.08 bits per heavy atom. The van der Waals surface area contributed by atoms with Crippen molar-refractivity contribution in [2.24, 2.45) is 0 Å². The third kappa shape index (κ3) is 4.52. The first-order valence-electron chi connectivity index (χ1n) is 7.43. The molecule has 25 heavy (non-hydrogen) atoms. The van der Waals surface area contributed by atoms with E-state index in [0.717, 1.165) is 0 Å². The van der Waals surface area contributed by atoms with E-state index >= 15 is 0 Å². The van der Waals surface area contributed by atoms with Gasteiger partial charge in [-0.25, -0.2) is 0 Å². The SMILES string of the molecule is COC[C@H]1O[C@H](O[C@]2(CO)O[C@H](CO)[C@@H](O)[C@@H]2O)[C@H](O)[C@@H](O)[C@@H]1O.[H-].[Na+]. The van der Waals surface area contributed by atoms with Crippen LogP contribution in [0.2, 0.25) is 0 Å². The third-order valence-electron chi connectivity index (χ3n) is 4.22. The second-order valence-electron chi connectivity index (χ2n) is 5.83. The summed E-state index contributed by atoms with van der Waals surface area (Å²) in [6.45, 7) is -1.70. The van der Waals surface area contributed by atoms with Crippen LogP contribution in [0, 0.1) is 0 Å². The second kappa shape index (κ2) is 9.66. The Balaban J connectivity index is 0.00000312. The van der Waals surface area contributed by atoms with Crippen molar-refractivity contribution in [2.75, 3.05) is 26.9 Å². The molecule has 7 N–H and O–H groups in total. The molecule has 0 aromatic rings. The van der Waals surface area contributed by atoms with Crippen molar-refractivity contribution in [1.82, 2.24) is 0 Å². The standard InChI is InChI=1S/C13H24O11.Na.H/c1-21-3-6-7(16)9(18)10(19)12(22-6)24-13(4-15)11(20)8(17)5(2-14)23-13;;/h5-12,14-20H,2-4H2,1H3;;/q;+1;-1/t5-,6-,7-,8-,9+,10-,11+,12-,13+;;/m1../s1. The summed E-state index contributed by atoms with van der Waals surface area (Å²) in [7, 11) is 1.34. The van der Waals surface area contributed by atoms with Crippen molar-refractivity contribution in [3.63, 3.8) is 0 Å².